The molecule has 0 aliphatic carbocycles. The standard InChI is InChI=1S/C27H20N2O7S/c1-34-17-6-7-18-21(13-17)37-27(28-18)29-23(14-3-2-4-16(30)11-14)22(25(32)26(29)33)24(31)15-5-8-19-20(12-15)36-10-9-35-19/h2-8,11-13,23,30-31H,9-10H2,1H3/t23-/m0/s1. The summed E-state index contributed by atoms with van der Waals surface area (Å²) in [7, 11) is 1.56. The number of anilines is 1. The van der Waals surface area contributed by atoms with Crippen LogP contribution in [-0.4, -0.2) is 47.2 Å². The fourth-order valence-electron chi connectivity index (χ4n) is 4.51. The van der Waals surface area contributed by atoms with Gasteiger partial charge in [0.05, 0.1) is 28.9 Å². The highest BCUT2D eigenvalue weighted by Crippen LogP contribution is 2.45. The molecule has 2 aliphatic rings. The molecule has 2 N–H and O–H groups in total. The van der Waals surface area contributed by atoms with Gasteiger partial charge in [-0.2, -0.15) is 0 Å². The summed E-state index contributed by atoms with van der Waals surface area (Å²) in [4.78, 5) is 32.7. The van der Waals surface area contributed by atoms with Crippen LogP contribution in [0.3, 0.4) is 0 Å². The highest BCUT2D eigenvalue weighted by Gasteiger charge is 2.48. The molecule has 37 heavy (non-hydrogen) atoms. The summed E-state index contributed by atoms with van der Waals surface area (Å²) in [5, 5.41) is 21.8. The number of aliphatic hydroxyl groups is 1. The number of phenols is 1. The molecule has 186 valence electrons. The van der Waals surface area contributed by atoms with Crippen molar-refractivity contribution in [3.8, 4) is 23.0 Å². The van der Waals surface area contributed by atoms with Crippen molar-refractivity contribution >= 4 is 44.1 Å². The molecule has 0 saturated carbocycles. The van der Waals surface area contributed by atoms with Gasteiger partial charge in [-0.3, -0.25) is 14.5 Å². The molecule has 3 aromatic carbocycles. The van der Waals surface area contributed by atoms with E-state index in [9.17, 15) is 19.8 Å². The maximum absolute atomic E-state index is 13.4. The van der Waals surface area contributed by atoms with Gasteiger partial charge >= 0.3 is 5.91 Å². The Morgan fingerprint density at radius 2 is 1.86 bits per heavy atom. The van der Waals surface area contributed by atoms with Gasteiger partial charge < -0.3 is 24.4 Å². The van der Waals surface area contributed by atoms with Crippen LogP contribution in [0.2, 0.25) is 0 Å². The number of benzene rings is 3. The molecule has 3 heterocycles. The quantitative estimate of drug-likeness (QED) is 0.233. The van der Waals surface area contributed by atoms with Crippen molar-refractivity contribution in [1.29, 1.82) is 0 Å². The first-order chi connectivity index (χ1) is 17.9. The lowest BCUT2D eigenvalue weighted by atomic mass is 9.95. The van der Waals surface area contributed by atoms with Crippen molar-refractivity contribution in [2.75, 3.05) is 25.2 Å². The van der Waals surface area contributed by atoms with E-state index in [4.69, 9.17) is 14.2 Å². The molecule has 0 radical (unpaired) electrons. The number of ketones is 1. The number of aromatic nitrogens is 1. The minimum atomic E-state index is -1.03. The second-order valence-electron chi connectivity index (χ2n) is 8.45. The maximum Gasteiger partial charge on any atom is 0.301 e. The number of Topliss-reactive ketones (excluding diaryl/α,β-unsaturated/α-hetero) is 1. The first-order valence-corrected chi connectivity index (χ1v) is 12.2. The molecule has 0 bridgehead atoms. The average Bonchev–Trinajstić information content (AvgIpc) is 3.45. The summed E-state index contributed by atoms with van der Waals surface area (Å²) >= 11 is 1.22. The van der Waals surface area contributed by atoms with Crippen LogP contribution in [0, 0.1) is 0 Å². The summed E-state index contributed by atoms with van der Waals surface area (Å²) in [6, 6.07) is 15.3. The number of carbonyl (C=O) groups excluding carboxylic acids is 2. The maximum atomic E-state index is 13.4. The van der Waals surface area contributed by atoms with Crippen molar-refractivity contribution in [2.24, 2.45) is 0 Å². The van der Waals surface area contributed by atoms with E-state index in [0.29, 0.717) is 47.1 Å². The number of methoxy groups -OCH3 is 1. The van der Waals surface area contributed by atoms with Gasteiger partial charge in [-0.05, 0) is 54.1 Å². The SMILES string of the molecule is COc1ccc2nc(N3C(=O)C(=O)C(=C(O)c4ccc5c(c4)OCCO5)[C@@H]3c3cccc(O)c3)sc2c1. The number of phenolic OH excluding ortho intramolecular Hbond substituents is 1. The third-order valence-corrected chi connectivity index (χ3v) is 7.25. The highest BCUT2D eigenvalue weighted by molar-refractivity contribution is 7.22. The van der Waals surface area contributed by atoms with Gasteiger partial charge in [-0.15, -0.1) is 0 Å². The van der Waals surface area contributed by atoms with Crippen LogP contribution < -0.4 is 19.1 Å². The zero-order chi connectivity index (χ0) is 25.7. The van der Waals surface area contributed by atoms with Crippen LogP contribution in [0.4, 0.5) is 5.13 Å². The molecule has 10 heteroatoms. The zero-order valence-electron chi connectivity index (χ0n) is 19.5. The summed E-state index contributed by atoms with van der Waals surface area (Å²) in [6.07, 6.45) is 0. The van der Waals surface area contributed by atoms with Gasteiger partial charge in [0, 0.05) is 5.56 Å². The van der Waals surface area contributed by atoms with E-state index in [1.807, 2.05) is 0 Å². The Morgan fingerprint density at radius 1 is 1.05 bits per heavy atom. The fourth-order valence-corrected chi connectivity index (χ4v) is 5.53. The smallest absolute Gasteiger partial charge is 0.301 e. The molecule has 4 aromatic rings. The minimum Gasteiger partial charge on any atom is -0.508 e. The number of rotatable bonds is 4. The predicted octanol–water partition coefficient (Wildman–Crippen LogP) is 4.41. The first-order valence-electron chi connectivity index (χ1n) is 11.4. The van der Waals surface area contributed by atoms with Crippen molar-refractivity contribution < 1.29 is 34.0 Å². The number of aromatic hydroxyl groups is 1. The van der Waals surface area contributed by atoms with Gasteiger partial charge in [-0.25, -0.2) is 4.98 Å². The minimum absolute atomic E-state index is 0.0450. The lowest BCUT2D eigenvalue weighted by molar-refractivity contribution is -0.132. The molecular formula is C27H20N2O7S. The van der Waals surface area contributed by atoms with Gasteiger partial charge in [0.1, 0.15) is 30.5 Å². The number of hydrogen-bond donors (Lipinski definition) is 2. The van der Waals surface area contributed by atoms with Crippen LogP contribution in [0.25, 0.3) is 16.0 Å². The van der Waals surface area contributed by atoms with Gasteiger partial charge in [0.2, 0.25) is 0 Å². The zero-order valence-corrected chi connectivity index (χ0v) is 20.3. The van der Waals surface area contributed by atoms with Crippen LogP contribution in [0.15, 0.2) is 66.2 Å². The Labute approximate surface area is 214 Å². The number of ether oxygens (including phenoxy) is 3. The molecule has 1 aromatic heterocycles. The number of thiazole rings is 1. The Kier molecular flexibility index (Phi) is 5.45. The molecule has 1 fully saturated rings. The van der Waals surface area contributed by atoms with E-state index in [-0.39, 0.29) is 22.2 Å². The third-order valence-electron chi connectivity index (χ3n) is 6.24. The van der Waals surface area contributed by atoms with E-state index < -0.39 is 17.7 Å². The Bertz CT molecular complexity index is 1610. The van der Waals surface area contributed by atoms with E-state index in [0.717, 1.165) is 4.70 Å². The lowest BCUT2D eigenvalue weighted by Gasteiger charge is -2.23. The number of carbonyl (C=O) groups is 2. The average molecular weight is 517 g/mol. The fraction of sp³-hybridized carbons (Fsp3) is 0.148. The van der Waals surface area contributed by atoms with Crippen LogP contribution >= 0.6 is 11.3 Å². The molecule has 1 amide bonds. The van der Waals surface area contributed by atoms with Crippen LogP contribution in [0.5, 0.6) is 23.0 Å². The third kappa shape index (κ3) is 3.82. The van der Waals surface area contributed by atoms with Crippen molar-refractivity contribution in [3.63, 3.8) is 0 Å². The van der Waals surface area contributed by atoms with Crippen molar-refractivity contribution in [2.45, 2.75) is 6.04 Å². The van der Waals surface area contributed by atoms with Gasteiger partial charge in [0.25, 0.3) is 5.78 Å². The molecular weight excluding hydrogens is 496 g/mol. The van der Waals surface area contributed by atoms with E-state index >= 15 is 0 Å². The van der Waals surface area contributed by atoms with Gasteiger partial charge in [-0.1, -0.05) is 23.5 Å². The predicted molar refractivity (Wildman–Crippen MR) is 136 cm³/mol. The normalized spacial score (nSPS) is 18.4. The van der Waals surface area contributed by atoms with E-state index in [1.54, 1.807) is 55.6 Å². The highest BCUT2D eigenvalue weighted by atomic mass is 32.1. The Hall–Kier alpha value is -4.57. The Balaban J connectivity index is 1.53. The number of amides is 1. The summed E-state index contributed by atoms with van der Waals surface area (Å²) < 4.78 is 17.2. The second kappa shape index (κ2) is 8.82. The summed E-state index contributed by atoms with van der Waals surface area (Å²) in [5.74, 6) is -0.523. The number of nitrogens with zero attached hydrogens (tertiary/aromatic N) is 2. The molecule has 0 unspecified atom stereocenters. The monoisotopic (exact) mass is 516 g/mol. The van der Waals surface area contributed by atoms with Crippen molar-refractivity contribution in [3.05, 3.63) is 77.4 Å². The number of aliphatic hydroxyl groups excluding tert-OH is 1. The number of fused-ring (bicyclic) bond motifs is 2. The summed E-state index contributed by atoms with van der Waals surface area (Å²) in [5.41, 5.74) is 1.24. The molecule has 0 spiro atoms. The molecule has 9 nitrogen and oxygen atoms in total. The van der Waals surface area contributed by atoms with Crippen LogP contribution in [0.1, 0.15) is 17.2 Å². The first kappa shape index (κ1) is 22.9. The largest absolute Gasteiger partial charge is 0.508 e. The van der Waals surface area contributed by atoms with E-state index in [1.165, 1.54) is 28.4 Å². The van der Waals surface area contributed by atoms with Crippen LogP contribution in [-0.2, 0) is 9.59 Å². The summed E-state index contributed by atoms with van der Waals surface area (Å²) in [6.45, 7) is 0.766. The molecule has 2 aliphatic heterocycles. The molecule has 1 saturated heterocycles. The van der Waals surface area contributed by atoms with Gasteiger partial charge in [0.15, 0.2) is 16.6 Å². The number of hydrogen-bond acceptors (Lipinski definition) is 9. The van der Waals surface area contributed by atoms with E-state index in [2.05, 4.69) is 4.98 Å². The Morgan fingerprint density at radius 3 is 2.65 bits per heavy atom. The molecule has 6 rings (SSSR count). The lowest BCUT2D eigenvalue weighted by Crippen LogP contribution is -2.29. The molecule has 1 atom stereocenters. The second-order valence-corrected chi connectivity index (χ2v) is 9.46. The van der Waals surface area contributed by atoms with Crippen molar-refractivity contribution in [1.82, 2.24) is 4.98 Å². The topological polar surface area (TPSA) is 118 Å².